The minimum absolute atomic E-state index is 0.230. The average Bonchev–Trinajstić information content (AvgIpc) is 2.87. The third-order valence-electron chi connectivity index (χ3n) is 8.91. The second kappa shape index (κ2) is 5.32. The molecule has 0 unspecified atom stereocenters. The van der Waals surface area contributed by atoms with E-state index in [4.69, 9.17) is 0 Å². The summed E-state index contributed by atoms with van der Waals surface area (Å²) in [7, 11) is 0. The van der Waals surface area contributed by atoms with Crippen LogP contribution in [0.2, 0.25) is 0 Å². The smallest absolute Gasteiger partial charge is 0.220 e. The van der Waals surface area contributed by atoms with Gasteiger partial charge in [0.15, 0.2) is 0 Å². The lowest BCUT2D eigenvalue weighted by atomic mass is 9.45. The fraction of sp³-hybridized carbons (Fsp3) is 0.905. The lowest BCUT2D eigenvalue weighted by molar-refractivity contribution is -0.145. The van der Waals surface area contributed by atoms with Gasteiger partial charge in [-0.25, -0.2) is 0 Å². The van der Waals surface area contributed by atoms with Crippen LogP contribution in [0.25, 0.3) is 0 Å². The van der Waals surface area contributed by atoms with Gasteiger partial charge in [0.05, 0.1) is 0 Å². The number of hydrogen-bond donors (Lipinski definition) is 1. The Morgan fingerprint density at radius 1 is 1.08 bits per heavy atom. The topological polar surface area (TPSA) is 46.2 Å². The Kier molecular flexibility index (Phi) is 3.68. The largest absolute Gasteiger partial charge is 0.353 e. The summed E-state index contributed by atoms with van der Waals surface area (Å²) in [6, 6.07) is 0.356. The molecule has 1 amide bonds. The van der Waals surface area contributed by atoms with E-state index in [0.717, 1.165) is 24.7 Å². The van der Waals surface area contributed by atoms with E-state index in [2.05, 4.69) is 26.1 Å². The fourth-order valence-corrected chi connectivity index (χ4v) is 7.83. The van der Waals surface area contributed by atoms with Crippen LogP contribution in [0.3, 0.4) is 0 Å². The first-order valence-corrected chi connectivity index (χ1v) is 10.1. The first-order chi connectivity index (χ1) is 11.3. The highest BCUT2D eigenvalue weighted by Gasteiger charge is 2.62. The lowest BCUT2D eigenvalue weighted by Crippen LogP contribution is -2.63. The van der Waals surface area contributed by atoms with Gasteiger partial charge in [0.1, 0.15) is 5.78 Å². The summed E-state index contributed by atoms with van der Waals surface area (Å²) in [5.74, 6) is 3.69. The summed E-state index contributed by atoms with van der Waals surface area (Å²) in [4.78, 5) is 24.2. The minimum Gasteiger partial charge on any atom is -0.353 e. The van der Waals surface area contributed by atoms with Crippen LogP contribution in [0.1, 0.15) is 72.6 Å². The molecule has 1 aliphatic heterocycles. The average molecular weight is 332 g/mol. The maximum absolute atomic E-state index is 12.2. The monoisotopic (exact) mass is 331 g/mol. The summed E-state index contributed by atoms with van der Waals surface area (Å²) in [5.41, 5.74) is 0.486. The molecule has 0 bridgehead atoms. The van der Waals surface area contributed by atoms with Gasteiger partial charge in [-0.3, -0.25) is 9.59 Å². The van der Waals surface area contributed by atoms with Gasteiger partial charge < -0.3 is 5.32 Å². The molecule has 1 heterocycles. The van der Waals surface area contributed by atoms with E-state index in [1.54, 1.807) is 0 Å². The molecule has 24 heavy (non-hydrogen) atoms. The van der Waals surface area contributed by atoms with Crippen molar-refractivity contribution in [1.82, 2.24) is 5.32 Å². The van der Waals surface area contributed by atoms with Crippen molar-refractivity contribution in [3.05, 3.63) is 0 Å². The first-order valence-electron chi connectivity index (χ1n) is 10.1. The predicted octanol–water partition coefficient (Wildman–Crippen LogP) is 3.96. The van der Waals surface area contributed by atoms with Crippen LogP contribution < -0.4 is 5.32 Å². The van der Waals surface area contributed by atoms with Crippen molar-refractivity contribution in [2.75, 3.05) is 0 Å². The third-order valence-corrected chi connectivity index (χ3v) is 8.91. The van der Waals surface area contributed by atoms with E-state index >= 15 is 0 Å². The standard InChI is InChI=1S/C21H33NO2/c1-12-11-14-16-6-5-15(13(2)23)20(16,3)9-7-17(14)21(4)10-8-18(24)22-19(12)21/h12,14-17,19H,5-11H2,1-4H3,(H,22,24)/t12-,14-,15+,16-,17-,19+,20+,21+/m0/s1. The maximum Gasteiger partial charge on any atom is 0.220 e. The van der Waals surface area contributed by atoms with E-state index in [0.29, 0.717) is 30.1 Å². The summed E-state index contributed by atoms with van der Waals surface area (Å²) in [6.45, 7) is 9.01. The number of ketones is 1. The third kappa shape index (κ3) is 2.08. The molecule has 4 aliphatic rings. The molecule has 0 aromatic heterocycles. The predicted molar refractivity (Wildman–Crippen MR) is 94.3 cm³/mol. The van der Waals surface area contributed by atoms with Crippen molar-refractivity contribution in [2.24, 2.45) is 40.4 Å². The molecule has 0 aromatic carbocycles. The first kappa shape index (κ1) is 16.6. The number of rotatable bonds is 1. The molecule has 3 saturated carbocycles. The van der Waals surface area contributed by atoms with Gasteiger partial charge in [-0.15, -0.1) is 0 Å². The Labute approximate surface area is 146 Å². The van der Waals surface area contributed by atoms with E-state index in [1.165, 1.54) is 25.7 Å². The fourth-order valence-electron chi connectivity index (χ4n) is 7.83. The van der Waals surface area contributed by atoms with E-state index < -0.39 is 0 Å². The molecule has 0 aromatic rings. The summed E-state index contributed by atoms with van der Waals surface area (Å²) < 4.78 is 0. The molecule has 4 fully saturated rings. The maximum atomic E-state index is 12.2. The summed E-state index contributed by atoms with van der Waals surface area (Å²) in [5, 5.41) is 3.34. The lowest BCUT2D eigenvalue weighted by Gasteiger charge is -2.61. The molecule has 1 N–H and O–H groups in total. The molecule has 3 heteroatoms. The molecule has 1 saturated heterocycles. The van der Waals surface area contributed by atoms with Crippen LogP contribution in [-0.4, -0.2) is 17.7 Å². The minimum atomic E-state index is 0.230. The second-order valence-corrected chi connectivity index (χ2v) is 9.93. The molecule has 0 spiro atoms. The van der Waals surface area contributed by atoms with Crippen LogP contribution in [0, 0.1) is 40.4 Å². The molecular formula is C21H33NO2. The zero-order chi connectivity index (χ0) is 17.3. The van der Waals surface area contributed by atoms with Crippen molar-refractivity contribution in [3.8, 4) is 0 Å². The number of Topliss-reactive ketones (excluding diaryl/α,β-unsaturated/α-hetero) is 1. The SMILES string of the molecule is CC(=O)[C@H]1CC[C@H]2[C@@H]3C[C@H](C)[C@H]4NC(=O)CC[C@]4(C)[C@H]3CC[C@]12C. The highest BCUT2D eigenvalue weighted by molar-refractivity contribution is 5.79. The number of hydrogen-bond acceptors (Lipinski definition) is 2. The molecule has 0 radical (unpaired) electrons. The number of carbonyl (C=O) groups excluding carboxylic acids is 2. The van der Waals surface area contributed by atoms with Crippen LogP contribution in [0.15, 0.2) is 0 Å². The van der Waals surface area contributed by atoms with Crippen LogP contribution in [0.5, 0.6) is 0 Å². The van der Waals surface area contributed by atoms with Crippen molar-refractivity contribution in [2.45, 2.75) is 78.7 Å². The highest BCUT2D eigenvalue weighted by Crippen LogP contribution is 2.66. The zero-order valence-electron chi connectivity index (χ0n) is 15.7. The van der Waals surface area contributed by atoms with Crippen LogP contribution in [0.4, 0.5) is 0 Å². The number of carbonyl (C=O) groups is 2. The van der Waals surface area contributed by atoms with Gasteiger partial charge in [-0.05, 0) is 80.0 Å². The summed E-state index contributed by atoms with van der Waals surface area (Å²) >= 11 is 0. The second-order valence-electron chi connectivity index (χ2n) is 9.93. The molecule has 134 valence electrons. The number of amides is 1. The number of nitrogens with one attached hydrogen (secondary N) is 1. The molecule has 4 rings (SSSR count). The normalized spacial score (nSPS) is 53.6. The Bertz CT molecular complexity index is 572. The van der Waals surface area contributed by atoms with Crippen molar-refractivity contribution >= 4 is 11.7 Å². The Hall–Kier alpha value is -0.860. The van der Waals surface area contributed by atoms with E-state index in [1.807, 2.05) is 6.92 Å². The van der Waals surface area contributed by atoms with Crippen molar-refractivity contribution < 1.29 is 9.59 Å². The number of fused-ring (bicyclic) bond motifs is 5. The van der Waals surface area contributed by atoms with Gasteiger partial charge in [0.2, 0.25) is 5.91 Å². The number of piperidine rings is 1. The van der Waals surface area contributed by atoms with Crippen LogP contribution >= 0.6 is 0 Å². The van der Waals surface area contributed by atoms with Gasteiger partial charge >= 0.3 is 0 Å². The van der Waals surface area contributed by atoms with Crippen molar-refractivity contribution in [1.29, 1.82) is 0 Å². The Balaban J connectivity index is 1.67. The quantitative estimate of drug-likeness (QED) is 0.790. The van der Waals surface area contributed by atoms with Crippen molar-refractivity contribution in [3.63, 3.8) is 0 Å². The molecule has 3 nitrogen and oxygen atoms in total. The Morgan fingerprint density at radius 2 is 1.79 bits per heavy atom. The van der Waals surface area contributed by atoms with E-state index in [9.17, 15) is 9.59 Å². The van der Waals surface area contributed by atoms with Gasteiger partial charge in [-0.1, -0.05) is 20.8 Å². The van der Waals surface area contributed by atoms with E-state index in [-0.39, 0.29) is 22.7 Å². The van der Waals surface area contributed by atoms with Gasteiger partial charge in [-0.2, -0.15) is 0 Å². The molecule has 8 atom stereocenters. The van der Waals surface area contributed by atoms with Gasteiger partial charge in [0.25, 0.3) is 0 Å². The molecule has 3 aliphatic carbocycles. The summed E-state index contributed by atoms with van der Waals surface area (Å²) in [6.07, 6.45) is 7.77. The zero-order valence-corrected chi connectivity index (χ0v) is 15.7. The molecular weight excluding hydrogens is 298 g/mol. The Morgan fingerprint density at radius 3 is 2.50 bits per heavy atom. The highest BCUT2D eigenvalue weighted by atomic mass is 16.1. The van der Waals surface area contributed by atoms with Gasteiger partial charge in [0, 0.05) is 18.4 Å². The van der Waals surface area contributed by atoms with Crippen LogP contribution in [-0.2, 0) is 9.59 Å².